The van der Waals surface area contributed by atoms with Crippen LogP contribution in [0, 0.1) is 10.1 Å². The summed E-state index contributed by atoms with van der Waals surface area (Å²) in [6.45, 7) is 3.25. The van der Waals surface area contributed by atoms with Gasteiger partial charge in [-0.25, -0.2) is 0 Å². The van der Waals surface area contributed by atoms with E-state index in [2.05, 4.69) is 20.9 Å². The second-order valence-corrected chi connectivity index (χ2v) is 31.8. The monoisotopic (exact) mass is 1890 g/mol. The number of hydrogen-bond acceptors (Lipinski definition) is 24. The van der Waals surface area contributed by atoms with Crippen molar-refractivity contribution in [1.82, 2.24) is 24.6 Å². The number of aromatic nitrogens is 1. The van der Waals surface area contributed by atoms with Gasteiger partial charge in [0.15, 0.2) is 46.0 Å². The van der Waals surface area contributed by atoms with E-state index in [4.69, 9.17) is 80.5 Å². The zero-order chi connectivity index (χ0) is 94.9. The number of benzene rings is 11. The van der Waals surface area contributed by atoms with Crippen LogP contribution in [0.4, 0.5) is 5.69 Å². The molecule has 12 aromatic rings. The Morgan fingerprint density at radius 1 is 0.291 bits per heavy atom. The molecule has 29 nitrogen and oxygen atoms in total. The number of amides is 4. The summed E-state index contributed by atoms with van der Waals surface area (Å²) in [5, 5.41) is 11.0. The fourth-order valence-electron chi connectivity index (χ4n) is 16.4. The van der Waals surface area contributed by atoms with Crippen LogP contribution in [0.5, 0.6) is 97.7 Å². The van der Waals surface area contributed by atoms with Gasteiger partial charge in [-0.15, -0.1) is 0 Å². The molecule has 16 rings (SSSR count). The molecule has 698 valence electrons. The molecule has 0 bridgehead atoms. The first-order valence-corrected chi connectivity index (χ1v) is 43.8. The second kappa shape index (κ2) is 46.1. The fourth-order valence-corrected chi connectivity index (χ4v) is 16.7. The van der Waals surface area contributed by atoms with E-state index in [9.17, 15) is 29.3 Å². The Kier molecular flexibility index (Phi) is 33.2. The fraction of sp³-hybridized carbons (Fsp3) is 0.279. The molecule has 4 aliphatic heterocycles. The number of fused-ring (bicyclic) bond motifs is 4. The zero-order valence-electron chi connectivity index (χ0n) is 76.8. The SMILES string of the molecule is COc1ccc(OCC2c3cc(OC)c(OC)cc3CCN2C(=O)c2ccc(Br)cc2)cc1.COc1ccc(OCC2c3cc(OC)c(OC)cc3CCN2C(=O)c2ccc(OC)cc2)cc1.COc1ccc(OCC2c3cc(OC)c(OC)cc3CCN2C(=O)c2ccc([N+](=O)[O-])cc2)cc1.COc1ccc(OCC2c3cc(OC)c(OC)cc3CCN2C(=O)c2ccncc2)cc1. The van der Waals surface area contributed by atoms with E-state index in [-0.39, 0.29) is 60.7 Å². The van der Waals surface area contributed by atoms with E-state index in [1.165, 1.54) is 24.3 Å². The number of pyridine rings is 1. The molecule has 0 aliphatic carbocycles. The molecule has 0 spiro atoms. The summed E-state index contributed by atoms with van der Waals surface area (Å²) in [4.78, 5) is 75.8. The van der Waals surface area contributed by atoms with Gasteiger partial charge in [0, 0.05) is 77.4 Å². The molecule has 5 heterocycles. The predicted octanol–water partition coefficient (Wildman–Crippen LogP) is 18.2. The Bertz CT molecular complexity index is 5980. The van der Waals surface area contributed by atoms with Crippen molar-refractivity contribution in [3.63, 3.8) is 0 Å². The molecule has 11 aromatic carbocycles. The highest BCUT2D eigenvalue weighted by atomic mass is 79.9. The van der Waals surface area contributed by atoms with Gasteiger partial charge >= 0.3 is 0 Å². The van der Waals surface area contributed by atoms with Crippen molar-refractivity contribution in [2.75, 3.05) is 145 Å². The zero-order valence-corrected chi connectivity index (χ0v) is 78.4. The normalized spacial score (nSPS) is 14.8. The number of non-ortho nitro benzene ring substituents is 1. The number of carbonyl (C=O) groups is 4. The third-order valence-electron chi connectivity index (χ3n) is 23.6. The summed E-state index contributed by atoms with van der Waals surface area (Å²) in [7, 11) is 20.9. The first-order valence-electron chi connectivity index (χ1n) is 43.0. The van der Waals surface area contributed by atoms with E-state index in [0.717, 1.165) is 72.6 Å². The van der Waals surface area contributed by atoms with E-state index < -0.39 is 11.0 Å². The minimum absolute atomic E-state index is 0.0359. The van der Waals surface area contributed by atoms with Gasteiger partial charge in [0.1, 0.15) is 78.2 Å². The van der Waals surface area contributed by atoms with Crippen LogP contribution in [0.3, 0.4) is 0 Å². The first-order chi connectivity index (χ1) is 65.2. The highest BCUT2D eigenvalue weighted by molar-refractivity contribution is 9.10. The number of hydrogen-bond donors (Lipinski definition) is 0. The average Bonchev–Trinajstić information content (AvgIpc) is 0.782. The lowest BCUT2D eigenvalue weighted by Crippen LogP contribution is -2.42. The molecular formula is C104H107BrN6O23. The van der Waals surface area contributed by atoms with Crippen molar-refractivity contribution in [3.05, 3.63) is 324 Å². The molecule has 0 saturated carbocycles. The lowest BCUT2D eigenvalue weighted by atomic mass is 9.91. The van der Waals surface area contributed by atoms with Crippen molar-refractivity contribution < 1.29 is 105 Å². The molecular weight excluding hydrogens is 1780 g/mol. The minimum Gasteiger partial charge on any atom is -0.497 e. The van der Waals surface area contributed by atoms with Gasteiger partial charge in [-0.2, -0.15) is 0 Å². The van der Waals surface area contributed by atoms with E-state index in [1.807, 2.05) is 160 Å². The maximum absolute atomic E-state index is 13.5. The number of rotatable bonds is 30. The summed E-state index contributed by atoms with van der Waals surface area (Å²) >= 11 is 3.43. The lowest BCUT2D eigenvalue weighted by Gasteiger charge is -2.37. The maximum Gasteiger partial charge on any atom is 0.269 e. The van der Waals surface area contributed by atoms with Crippen molar-refractivity contribution >= 4 is 45.2 Å². The number of ether oxygens (including phenoxy) is 17. The van der Waals surface area contributed by atoms with E-state index in [1.54, 1.807) is 170 Å². The topological polar surface area (TPSA) is 294 Å². The molecule has 134 heavy (non-hydrogen) atoms. The summed E-state index contributed by atoms with van der Waals surface area (Å²) in [6, 6.07) is 67.4. The standard InChI is InChI=1S/C27H29NO6.C26H26BrNO5.C26H26N2O7.C25H26N2O5/c1-30-20-7-5-18(6-8-20)27(29)28-14-13-19-15-25(32-3)26(33-4)16-23(19)24(28)17-34-22-11-9-21(31-2)10-12-22;1-30-20-8-10-21(11-9-20)33-16-23-22-15-25(32-3)24(31-2)14-18(22)12-13-28(23)26(29)17-4-6-19(27)7-5-17;1-32-20-8-10-21(11-9-20)35-16-23-22-15-25(34-3)24(33-2)14-18(22)12-13-27(23)26(29)17-4-6-19(7-5-17)28(30)31;1-29-19-4-6-20(7-5-19)32-16-22-21-15-24(31-3)23(30-2)14-18(21)10-13-27(22)25(28)17-8-11-26-12-9-17/h5-12,15-16,24H,13-14,17H2,1-4H3;4-11,14-15,23H,12-13,16H2,1-3H3;4-11,14-15,23H,12-13,16H2,1-3H3;4-9,11-12,14-15,22H,10,13,16H2,1-3H3. The van der Waals surface area contributed by atoms with Crippen LogP contribution < -0.4 is 80.5 Å². The lowest BCUT2D eigenvalue weighted by molar-refractivity contribution is -0.384. The van der Waals surface area contributed by atoms with Gasteiger partial charge in [-0.1, -0.05) is 15.9 Å². The predicted molar refractivity (Wildman–Crippen MR) is 507 cm³/mol. The van der Waals surface area contributed by atoms with Crippen LogP contribution in [0.15, 0.2) is 247 Å². The number of halogens is 1. The molecule has 4 aliphatic rings. The van der Waals surface area contributed by atoms with E-state index >= 15 is 0 Å². The number of nitro benzene ring substituents is 1. The Labute approximate surface area is 786 Å². The van der Waals surface area contributed by atoms with Gasteiger partial charge in [0.05, 0.1) is 122 Å². The van der Waals surface area contributed by atoms with Gasteiger partial charge in [0.2, 0.25) is 0 Å². The molecule has 1 aromatic heterocycles. The molecule has 30 heteroatoms. The number of nitrogens with zero attached hydrogens (tertiary/aromatic N) is 6. The number of carbonyl (C=O) groups excluding carboxylic acids is 4. The molecule has 0 saturated heterocycles. The van der Waals surface area contributed by atoms with Crippen LogP contribution in [0.1, 0.15) is 110 Å². The van der Waals surface area contributed by atoms with Crippen molar-refractivity contribution in [1.29, 1.82) is 0 Å². The molecule has 0 N–H and O–H groups in total. The average molecular weight is 1890 g/mol. The van der Waals surface area contributed by atoms with E-state index in [0.29, 0.717) is 161 Å². The van der Waals surface area contributed by atoms with Gasteiger partial charge in [-0.3, -0.25) is 34.3 Å². The number of methoxy groups -OCH3 is 13. The van der Waals surface area contributed by atoms with Crippen molar-refractivity contribution in [2.45, 2.75) is 49.9 Å². The quantitative estimate of drug-likeness (QED) is 0.0298. The highest BCUT2D eigenvalue weighted by Gasteiger charge is 2.39. The van der Waals surface area contributed by atoms with Gasteiger partial charge in [-0.05, 0) is 289 Å². The van der Waals surface area contributed by atoms with Crippen LogP contribution in [-0.2, 0) is 25.7 Å². The Hall–Kier alpha value is -15.1. The summed E-state index contributed by atoms with van der Waals surface area (Å²) in [5.74, 6) is 11.1. The van der Waals surface area contributed by atoms with Crippen LogP contribution in [-0.4, -0.2) is 198 Å². The van der Waals surface area contributed by atoms with Crippen molar-refractivity contribution in [3.8, 4) is 97.7 Å². The van der Waals surface area contributed by atoms with Crippen molar-refractivity contribution in [2.24, 2.45) is 0 Å². The molecule has 0 radical (unpaired) electrons. The molecule has 4 unspecified atom stereocenters. The van der Waals surface area contributed by atoms with Crippen LogP contribution >= 0.6 is 15.9 Å². The highest BCUT2D eigenvalue weighted by Crippen LogP contribution is 2.45. The molecule has 4 atom stereocenters. The smallest absolute Gasteiger partial charge is 0.269 e. The van der Waals surface area contributed by atoms with Gasteiger partial charge < -0.3 is 100 Å². The summed E-state index contributed by atoms with van der Waals surface area (Å²) < 4.78 is 95.6. The van der Waals surface area contributed by atoms with Crippen LogP contribution in [0.25, 0.3) is 0 Å². The molecule has 0 fully saturated rings. The third-order valence-corrected chi connectivity index (χ3v) is 24.1. The maximum atomic E-state index is 13.5. The minimum atomic E-state index is -0.490. The summed E-state index contributed by atoms with van der Waals surface area (Å²) in [6.07, 6.45) is 6.01. The third kappa shape index (κ3) is 23.1. The number of nitro groups is 1. The first kappa shape index (κ1) is 96.5. The Morgan fingerprint density at radius 2 is 0.493 bits per heavy atom. The largest absolute Gasteiger partial charge is 0.497 e. The Balaban J connectivity index is 0.000000152. The van der Waals surface area contributed by atoms with Crippen LogP contribution in [0.2, 0.25) is 0 Å². The molecule has 4 amide bonds. The summed E-state index contributed by atoms with van der Waals surface area (Å²) in [5.41, 5.74) is 10.4. The second-order valence-electron chi connectivity index (χ2n) is 30.9. The van der Waals surface area contributed by atoms with Gasteiger partial charge in [0.25, 0.3) is 29.3 Å². The Morgan fingerprint density at radius 3 is 0.716 bits per heavy atom.